The number of rotatable bonds is 5. The first-order valence-electron chi connectivity index (χ1n) is 4.93. The Bertz CT molecular complexity index is 401. The number of nitrogens with two attached hydrogens (primary N) is 1. The maximum absolute atomic E-state index is 10.7. The average molecular weight is 221 g/mol. The lowest BCUT2D eigenvalue weighted by Crippen LogP contribution is -2.23. The van der Waals surface area contributed by atoms with Crippen molar-refractivity contribution in [3.05, 3.63) is 36.4 Å². The van der Waals surface area contributed by atoms with E-state index in [2.05, 4.69) is 6.58 Å². The molecule has 0 amide bonds. The lowest BCUT2D eigenvalue weighted by atomic mass is 10.1. The van der Waals surface area contributed by atoms with Crippen molar-refractivity contribution >= 4 is 11.7 Å². The Labute approximate surface area is 94.3 Å². The molecule has 4 heteroatoms. The fourth-order valence-electron chi connectivity index (χ4n) is 1.27. The fourth-order valence-corrected chi connectivity index (χ4v) is 1.27. The van der Waals surface area contributed by atoms with Gasteiger partial charge in [-0.05, 0) is 37.1 Å². The zero-order valence-corrected chi connectivity index (χ0v) is 9.14. The number of hydrogen-bond donors (Lipinski definition) is 2. The lowest BCUT2D eigenvalue weighted by molar-refractivity contribution is -0.144. The van der Waals surface area contributed by atoms with E-state index in [0.29, 0.717) is 17.9 Å². The summed E-state index contributed by atoms with van der Waals surface area (Å²) in [5, 5.41) is 8.75. The van der Waals surface area contributed by atoms with Crippen LogP contribution in [-0.4, -0.2) is 17.2 Å². The molecule has 0 aliphatic heterocycles. The first kappa shape index (κ1) is 12.1. The Morgan fingerprint density at radius 1 is 1.69 bits per heavy atom. The van der Waals surface area contributed by atoms with Gasteiger partial charge in [0, 0.05) is 5.69 Å². The Morgan fingerprint density at radius 3 is 2.94 bits per heavy atom. The summed E-state index contributed by atoms with van der Waals surface area (Å²) in [5.41, 5.74) is 7.10. The average Bonchev–Trinajstić information content (AvgIpc) is 2.22. The van der Waals surface area contributed by atoms with Gasteiger partial charge in [0.05, 0.1) is 0 Å². The van der Waals surface area contributed by atoms with Gasteiger partial charge in [-0.3, -0.25) is 0 Å². The summed E-state index contributed by atoms with van der Waals surface area (Å²) in [6.07, 6.45) is 1.42. The summed E-state index contributed by atoms with van der Waals surface area (Å²) in [6, 6.07) is 5.11. The molecule has 0 radical (unpaired) electrons. The Hall–Kier alpha value is -1.97. The van der Waals surface area contributed by atoms with Crippen LogP contribution in [0.3, 0.4) is 0 Å². The Kier molecular flexibility index (Phi) is 3.94. The number of nitrogen functional groups attached to an aromatic ring is 1. The minimum absolute atomic E-state index is 0.531. The molecule has 4 nitrogen and oxygen atoms in total. The molecule has 16 heavy (non-hydrogen) atoms. The minimum atomic E-state index is -0.999. The number of anilines is 1. The van der Waals surface area contributed by atoms with Gasteiger partial charge in [-0.2, -0.15) is 0 Å². The summed E-state index contributed by atoms with van der Waals surface area (Å²) in [5.74, 6) is -0.467. The van der Waals surface area contributed by atoms with Gasteiger partial charge in [-0.25, -0.2) is 4.79 Å². The zero-order valence-electron chi connectivity index (χ0n) is 9.14. The van der Waals surface area contributed by atoms with Crippen LogP contribution in [0.15, 0.2) is 30.9 Å². The van der Waals surface area contributed by atoms with Crippen LogP contribution in [0.1, 0.15) is 12.5 Å². The number of carboxylic acids is 1. The SMILES string of the molecule is C=CCc1cc(N)ccc1OC(C)C(=O)O. The van der Waals surface area contributed by atoms with Crippen molar-refractivity contribution in [3.8, 4) is 5.75 Å². The third-order valence-electron chi connectivity index (χ3n) is 2.10. The molecular weight excluding hydrogens is 206 g/mol. The molecule has 1 aromatic carbocycles. The molecule has 0 fully saturated rings. The lowest BCUT2D eigenvalue weighted by Gasteiger charge is -2.14. The second kappa shape index (κ2) is 5.21. The first-order chi connectivity index (χ1) is 7.54. The van der Waals surface area contributed by atoms with Crippen LogP contribution in [0.2, 0.25) is 0 Å². The van der Waals surface area contributed by atoms with Crippen LogP contribution in [0.25, 0.3) is 0 Å². The van der Waals surface area contributed by atoms with Crippen molar-refractivity contribution in [1.82, 2.24) is 0 Å². The van der Waals surface area contributed by atoms with Crippen LogP contribution >= 0.6 is 0 Å². The number of benzene rings is 1. The predicted molar refractivity (Wildman–Crippen MR) is 62.5 cm³/mol. The van der Waals surface area contributed by atoms with Gasteiger partial charge in [-0.15, -0.1) is 6.58 Å². The van der Waals surface area contributed by atoms with Crippen molar-refractivity contribution in [2.45, 2.75) is 19.4 Å². The summed E-state index contributed by atoms with van der Waals surface area (Å²) in [6.45, 7) is 5.11. The third-order valence-corrected chi connectivity index (χ3v) is 2.10. The molecule has 0 bridgehead atoms. The molecule has 3 N–H and O–H groups in total. The van der Waals surface area contributed by atoms with Crippen LogP contribution in [0.4, 0.5) is 5.69 Å². The minimum Gasteiger partial charge on any atom is -0.479 e. The maximum Gasteiger partial charge on any atom is 0.344 e. The molecule has 0 aliphatic carbocycles. The number of ether oxygens (including phenoxy) is 1. The summed E-state index contributed by atoms with van der Waals surface area (Å²) >= 11 is 0. The molecule has 0 saturated heterocycles. The van der Waals surface area contributed by atoms with E-state index in [1.54, 1.807) is 24.3 Å². The Morgan fingerprint density at radius 2 is 2.38 bits per heavy atom. The molecule has 0 aliphatic rings. The van der Waals surface area contributed by atoms with E-state index >= 15 is 0 Å². The van der Waals surface area contributed by atoms with E-state index in [-0.39, 0.29) is 0 Å². The number of aliphatic carboxylic acids is 1. The van der Waals surface area contributed by atoms with Crippen molar-refractivity contribution in [2.24, 2.45) is 0 Å². The van der Waals surface area contributed by atoms with Crippen LogP contribution in [-0.2, 0) is 11.2 Å². The highest BCUT2D eigenvalue weighted by atomic mass is 16.5. The largest absolute Gasteiger partial charge is 0.479 e. The van der Waals surface area contributed by atoms with Crippen molar-refractivity contribution in [2.75, 3.05) is 5.73 Å². The van der Waals surface area contributed by atoms with Crippen LogP contribution in [0, 0.1) is 0 Å². The molecular formula is C12H15NO3. The molecule has 0 aromatic heterocycles. The van der Waals surface area contributed by atoms with E-state index in [9.17, 15) is 4.79 Å². The standard InChI is InChI=1S/C12H15NO3/c1-3-4-9-7-10(13)5-6-11(9)16-8(2)12(14)15/h3,5-8H,1,4,13H2,2H3,(H,14,15). The van der Waals surface area contributed by atoms with Crippen molar-refractivity contribution < 1.29 is 14.6 Å². The monoisotopic (exact) mass is 221 g/mol. The highest BCUT2D eigenvalue weighted by molar-refractivity contribution is 5.72. The van der Waals surface area contributed by atoms with E-state index in [1.807, 2.05) is 0 Å². The van der Waals surface area contributed by atoms with Gasteiger partial charge in [0.2, 0.25) is 0 Å². The second-order valence-corrected chi connectivity index (χ2v) is 3.46. The summed E-state index contributed by atoms with van der Waals surface area (Å²) < 4.78 is 5.31. The molecule has 1 rings (SSSR count). The van der Waals surface area contributed by atoms with Gasteiger partial charge in [-0.1, -0.05) is 6.08 Å². The zero-order chi connectivity index (χ0) is 12.1. The third kappa shape index (κ3) is 3.02. The maximum atomic E-state index is 10.7. The van der Waals surface area contributed by atoms with E-state index in [1.165, 1.54) is 6.92 Å². The van der Waals surface area contributed by atoms with E-state index in [4.69, 9.17) is 15.6 Å². The topological polar surface area (TPSA) is 72.5 Å². The molecule has 0 saturated carbocycles. The second-order valence-electron chi connectivity index (χ2n) is 3.46. The van der Waals surface area contributed by atoms with E-state index in [0.717, 1.165) is 5.56 Å². The molecule has 0 spiro atoms. The molecule has 0 heterocycles. The molecule has 1 unspecified atom stereocenters. The first-order valence-corrected chi connectivity index (χ1v) is 4.93. The van der Waals surface area contributed by atoms with Crippen molar-refractivity contribution in [1.29, 1.82) is 0 Å². The van der Waals surface area contributed by atoms with Crippen LogP contribution < -0.4 is 10.5 Å². The number of carboxylic acid groups (broad SMARTS) is 1. The normalized spacial score (nSPS) is 11.8. The van der Waals surface area contributed by atoms with E-state index < -0.39 is 12.1 Å². The predicted octanol–water partition coefficient (Wildman–Crippen LogP) is 1.85. The smallest absolute Gasteiger partial charge is 0.344 e. The quantitative estimate of drug-likeness (QED) is 0.588. The highest BCUT2D eigenvalue weighted by Gasteiger charge is 2.14. The highest BCUT2D eigenvalue weighted by Crippen LogP contribution is 2.23. The number of carbonyl (C=O) groups is 1. The Balaban J connectivity index is 2.93. The molecule has 1 atom stereocenters. The van der Waals surface area contributed by atoms with Gasteiger partial charge in [0.15, 0.2) is 6.10 Å². The molecule has 1 aromatic rings. The van der Waals surface area contributed by atoms with Gasteiger partial charge in [0.25, 0.3) is 0 Å². The van der Waals surface area contributed by atoms with Gasteiger partial charge < -0.3 is 15.6 Å². The number of allylic oxidation sites excluding steroid dienone is 1. The fraction of sp³-hybridized carbons (Fsp3) is 0.250. The number of hydrogen-bond acceptors (Lipinski definition) is 3. The molecule has 86 valence electrons. The van der Waals surface area contributed by atoms with Crippen molar-refractivity contribution in [3.63, 3.8) is 0 Å². The van der Waals surface area contributed by atoms with Gasteiger partial charge >= 0.3 is 5.97 Å². The van der Waals surface area contributed by atoms with Gasteiger partial charge in [0.1, 0.15) is 5.75 Å². The summed E-state index contributed by atoms with van der Waals surface area (Å²) in [7, 11) is 0. The van der Waals surface area contributed by atoms with Crippen LogP contribution in [0.5, 0.6) is 5.75 Å². The summed E-state index contributed by atoms with van der Waals surface area (Å²) in [4.78, 5) is 10.7.